The summed E-state index contributed by atoms with van der Waals surface area (Å²) in [6.45, 7) is 16.4. The number of urea groups is 1. The average Bonchev–Trinajstić information content (AvgIpc) is 2.40. The molecular weight excluding hydrogens is 276 g/mol. The Morgan fingerprint density at radius 1 is 1.14 bits per heavy atom. The highest BCUT2D eigenvalue weighted by molar-refractivity contribution is 5.75. The van der Waals surface area contributed by atoms with Crippen molar-refractivity contribution < 1.29 is 9.53 Å². The van der Waals surface area contributed by atoms with Gasteiger partial charge in [0, 0.05) is 25.2 Å². The summed E-state index contributed by atoms with van der Waals surface area (Å²) >= 11 is 0. The first-order valence-corrected chi connectivity index (χ1v) is 8.43. The molecule has 1 rings (SSSR count). The molecule has 0 spiro atoms. The number of hydrogen-bond donors (Lipinski definition) is 0. The molecule has 128 valence electrons. The lowest BCUT2D eigenvalue weighted by atomic mass is 9.96. The fourth-order valence-electron chi connectivity index (χ4n) is 2.45. The predicted octanol–water partition coefficient (Wildman–Crippen LogP) is 3.92. The maximum absolute atomic E-state index is 12.7. The maximum atomic E-state index is 12.7. The van der Waals surface area contributed by atoms with Crippen molar-refractivity contribution in [3.05, 3.63) is 12.2 Å². The third-order valence-electron chi connectivity index (χ3n) is 3.69. The van der Waals surface area contributed by atoms with Crippen molar-refractivity contribution >= 4 is 6.03 Å². The van der Waals surface area contributed by atoms with Crippen LogP contribution in [0.1, 0.15) is 54.4 Å². The van der Waals surface area contributed by atoms with Crippen molar-refractivity contribution in [2.75, 3.05) is 32.8 Å². The number of rotatable bonds is 4. The van der Waals surface area contributed by atoms with Gasteiger partial charge in [-0.3, -0.25) is 0 Å². The quantitative estimate of drug-likeness (QED) is 0.582. The molecule has 1 heterocycles. The number of carbonyl (C=O) groups excluding carboxylic acids is 1. The fourth-order valence-corrected chi connectivity index (χ4v) is 2.45. The normalized spacial score (nSPS) is 17.1. The fraction of sp³-hybridized carbons (Fsp3) is 0.833. The molecule has 0 atom stereocenters. The molecule has 1 aliphatic heterocycles. The van der Waals surface area contributed by atoms with Crippen molar-refractivity contribution in [2.24, 2.45) is 5.41 Å². The van der Waals surface area contributed by atoms with Gasteiger partial charge in [0.25, 0.3) is 0 Å². The van der Waals surface area contributed by atoms with Crippen LogP contribution in [0.5, 0.6) is 0 Å². The molecule has 0 saturated carbocycles. The molecule has 4 nitrogen and oxygen atoms in total. The number of morpholine rings is 1. The van der Waals surface area contributed by atoms with Crippen molar-refractivity contribution in [1.82, 2.24) is 9.80 Å². The van der Waals surface area contributed by atoms with Crippen LogP contribution in [0.25, 0.3) is 0 Å². The van der Waals surface area contributed by atoms with E-state index in [1.807, 2.05) is 9.80 Å². The first-order valence-electron chi connectivity index (χ1n) is 8.43. The third-order valence-corrected chi connectivity index (χ3v) is 3.69. The third kappa shape index (κ3) is 6.82. The Hall–Kier alpha value is -1.03. The lowest BCUT2D eigenvalue weighted by Crippen LogP contribution is -2.54. The second-order valence-electron chi connectivity index (χ2n) is 8.12. The maximum Gasteiger partial charge on any atom is 0.320 e. The van der Waals surface area contributed by atoms with Crippen molar-refractivity contribution in [2.45, 2.75) is 59.9 Å². The molecule has 0 aromatic rings. The van der Waals surface area contributed by atoms with E-state index in [1.54, 1.807) is 0 Å². The minimum Gasteiger partial charge on any atom is -0.378 e. The summed E-state index contributed by atoms with van der Waals surface area (Å²) in [6.07, 6.45) is 6.50. The van der Waals surface area contributed by atoms with E-state index in [9.17, 15) is 4.79 Å². The molecule has 0 aromatic heterocycles. The summed E-state index contributed by atoms with van der Waals surface area (Å²) in [6, 6.07) is 0.149. The van der Waals surface area contributed by atoms with E-state index < -0.39 is 0 Å². The van der Waals surface area contributed by atoms with E-state index in [4.69, 9.17) is 4.74 Å². The number of ether oxygens (including phenoxy) is 1. The van der Waals surface area contributed by atoms with Crippen LogP contribution in [0.4, 0.5) is 4.79 Å². The Morgan fingerprint density at radius 2 is 1.73 bits per heavy atom. The molecule has 4 heteroatoms. The van der Waals surface area contributed by atoms with E-state index in [2.05, 4.69) is 53.7 Å². The van der Waals surface area contributed by atoms with E-state index in [0.29, 0.717) is 26.3 Å². The zero-order valence-electron chi connectivity index (χ0n) is 15.3. The van der Waals surface area contributed by atoms with Crippen LogP contribution in [0.3, 0.4) is 0 Å². The van der Waals surface area contributed by atoms with E-state index >= 15 is 0 Å². The standard InChI is InChI=1S/C18H34N2O2/c1-17(2,3)10-8-7-9-11-20(18(4,5)6)16(21)19-12-14-22-15-13-19/h8,10H,7,9,11-15H2,1-6H3/b10-8-. The topological polar surface area (TPSA) is 32.8 Å². The van der Waals surface area contributed by atoms with Gasteiger partial charge in [-0.25, -0.2) is 4.79 Å². The predicted molar refractivity (Wildman–Crippen MR) is 92.1 cm³/mol. The van der Waals surface area contributed by atoms with Gasteiger partial charge in [-0.15, -0.1) is 0 Å². The molecule has 1 fully saturated rings. The molecule has 0 aromatic carbocycles. The van der Waals surface area contributed by atoms with Gasteiger partial charge >= 0.3 is 6.03 Å². The Kier molecular flexibility index (Phi) is 6.92. The second-order valence-corrected chi connectivity index (χ2v) is 8.12. The second kappa shape index (κ2) is 8.00. The Morgan fingerprint density at radius 3 is 2.23 bits per heavy atom. The van der Waals surface area contributed by atoms with E-state index in [0.717, 1.165) is 19.4 Å². The highest BCUT2D eigenvalue weighted by atomic mass is 16.5. The first kappa shape index (κ1) is 19.0. The van der Waals surface area contributed by atoms with Gasteiger partial charge < -0.3 is 14.5 Å². The summed E-state index contributed by atoms with van der Waals surface area (Å²) in [5.74, 6) is 0. The molecular formula is C18H34N2O2. The number of amides is 2. The summed E-state index contributed by atoms with van der Waals surface area (Å²) in [7, 11) is 0. The molecule has 0 radical (unpaired) electrons. The van der Waals surface area contributed by atoms with Crippen molar-refractivity contribution in [3.8, 4) is 0 Å². The Bertz CT molecular complexity index is 372. The number of hydrogen-bond acceptors (Lipinski definition) is 2. The smallest absolute Gasteiger partial charge is 0.320 e. The summed E-state index contributed by atoms with van der Waals surface area (Å²) in [5.41, 5.74) is 0.0798. The molecule has 22 heavy (non-hydrogen) atoms. The highest BCUT2D eigenvalue weighted by Crippen LogP contribution is 2.19. The largest absolute Gasteiger partial charge is 0.378 e. The minimum atomic E-state index is -0.150. The monoisotopic (exact) mass is 310 g/mol. The SMILES string of the molecule is CC(C)(C)/C=C\CCCN(C(=O)N1CCOCC1)C(C)(C)C. The van der Waals surface area contributed by atoms with Gasteiger partial charge in [0.1, 0.15) is 0 Å². The molecule has 0 unspecified atom stereocenters. The van der Waals surface area contributed by atoms with Crippen molar-refractivity contribution in [1.29, 1.82) is 0 Å². The molecule has 2 amide bonds. The molecule has 0 bridgehead atoms. The lowest BCUT2D eigenvalue weighted by molar-refractivity contribution is 0.0334. The molecule has 0 aliphatic carbocycles. The van der Waals surface area contributed by atoms with E-state index in [-0.39, 0.29) is 17.0 Å². The van der Waals surface area contributed by atoms with Gasteiger partial charge in [0.15, 0.2) is 0 Å². The van der Waals surface area contributed by atoms with Crippen LogP contribution in [-0.4, -0.2) is 54.2 Å². The van der Waals surface area contributed by atoms with Crippen LogP contribution in [0, 0.1) is 5.41 Å². The minimum absolute atomic E-state index is 0.149. The zero-order chi connectivity index (χ0) is 16.8. The number of nitrogens with zero attached hydrogens (tertiary/aromatic N) is 2. The Balaban J connectivity index is 2.54. The van der Waals surface area contributed by atoms with Crippen LogP contribution in [0.15, 0.2) is 12.2 Å². The van der Waals surface area contributed by atoms with Crippen LogP contribution in [0.2, 0.25) is 0 Å². The summed E-state index contributed by atoms with van der Waals surface area (Å²) in [5, 5.41) is 0. The number of carbonyl (C=O) groups is 1. The van der Waals surface area contributed by atoms with Gasteiger partial charge in [-0.1, -0.05) is 32.9 Å². The van der Waals surface area contributed by atoms with E-state index in [1.165, 1.54) is 0 Å². The van der Waals surface area contributed by atoms with Gasteiger partial charge in [0.2, 0.25) is 0 Å². The van der Waals surface area contributed by atoms with Crippen LogP contribution >= 0.6 is 0 Å². The van der Waals surface area contributed by atoms with Gasteiger partial charge in [0.05, 0.1) is 13.2 Å². The average molecular weight is 310 g/mol. The van der Waals surface area contributed by atoms with Gasteiger partial charge in [-0.05, 0) is 39.0 Å². The molecule has 0 N–H and O–H groups in total. The van der Waals surface area contributed by atoms with Gasteiger partial charge in [-0.2, -0.15) is 0 Å². The van der Waals surface area contributed by atoms with Crippen LogP contribution in [-0.2, 0) is 4.74 Å². The summed E-state index contributed by atoms with van der Waals surface area (Å²) in [4.78, 5) is 16.7. The molecule has 1 aliphatic rings. The lowest BCUT2D eigenvalue weighted by Gasteiger charge is -2.40. The van der Waals surface area contributed by atoms with Crippen molar-refractivity contribution in [3.63, 3.8) is 0 Å². The number of allylic oxidation sites excluding steroid dienone is 2. The zero-order valence-corrected chi connectivity index (χ0v) is 15.3. The Labute approximate surface area is 136 Å². The molecule has 1 saturated heterocycles. The highest BCUT2D eigenvalue weighted by Gasteiger charge is 2.30. The summed E-state index contributed by atoms with van der Waals surface area (Å²) < 4.78 is 5.34. The first-order chi connectivity index (χ1) is 10.1. The number of unbranched alkanes of at least 4 members (excludes halogenated alkanes) is 1. The van der Waals surface area contributed by atoms with Crippen LogP contribution < -0.4 is 0 Å².